The van der Waals surface area contributed by atoms with E-state index in [9.17, 15) is 19.1 Å². The fourth-order valence-corrected chi connectivity index (χ4v) is 3.79. The van der Waals surface area contributed by atoms with Crippen LogP contribution in [-0.4, -0.2) is 26.6 Å². The zero-order chi connectivity index (χ0) is 22.7. The zero-order valence-electron chi connectivity index (χ0n) is 17.5. The summed E-state index contributed by atoms with van der Waals surface area (Å²) in [4.78, 5) is 27.1. The summed E-state index contributed by atoms with van der Waals surface area (Å²) in [5.41, 5.74) is 3.12. The molecule has 1 aromatic heterocycles. The second-order valence-corrected chi connectivity index (χ2v) is 7.89. The summed E-state index contributed by atoms with van der Waals surface area (Å²) >= 11 is 0. The van der Waals surface area contributed by atoms with Crippen LogP contribution in [0.15, 0.2) is 48.5 Å². The van der Waals surface area contributed by atoms with Gasteiger partial charge in [-0.1, -0.05) is 42.0 Å². The Bertz CT molecular complexity index is 1110. The summed E-state index contributed by atoms with van der Waals surface area (Å²) in [5, 5.41) is 21.0. The Balaban J connectivity index is 1.59. The molecule has 8 nitrogen and oxygen atoms in total. The molecule has 166 valence electrons. The third-order valence-corrected chi connectivity index (χ3v) is 5.46. The number of aromatic nitrogens is 3. The third-order valence-electron chi connectivity index (χ3n) is 5.46. The summed E-state index contributed by atoms with van der Waals surface area (Å²) in [5.74, 6) is -1.27. The number of carboxylic acid groups (broad SMARTS) is 1. The third kappa shape index (κ3) is 4.93. The average molecular weight is 436 g/mol. The average Bonchev–Trinajstić information content (AvgIpc) is 3.16. The van der Waals surface area contributed by atoms with Crippen molar-refractivity contribution in [3.05, 3.63) is 71.0 Å². The number of nitrogens with zero attached hydrogens (tertiary/aromatic N) is 3. The van der Waals surface area contributed by atoms with Crippen LogP contribution in [0.4, 0.5) is 16.3 Å². The Labute approximate surface area is 184 Å². The number of carbonyl (C=O) groups excluding carboxylic acids is 2. The van der Waals surface area contributed by atoms with Crippen molar-refractivity contribution in [3.8, 4) is 0 Å². The monoisotopic (exact) mass is 436 g/mol. The van der Waals surface area contributed by atoms with E-state index in [1.54, 1.807) is 16.8 Å². The van der Waals surface area contributed by atoms with E-state index < -0.39 is 5.97 Å². The molecule has 4 rings (SSSR count). The summed E-state index contributed by atoms with van der Waals surface area (Å²) in [7, 11) is 0. The molecule has 1 amide bonds. The van der Waals surface area contributed by atoms with E-state index >= 15 is 0 Å². The number of anilines is 2. The van der Waals surface area contributed by atoms with Gasteiger partial charge in [0.05, 0.1) is 12.1 Å². The van der Waals surface area contributed by atoms with Gasteiger partial charge in [-0.3, -0.25) is 10.1 Å². The lowest BCUT2D eigenvalue weighted by Gasteiger charge is -2.31. The van der Waals surface area contributed by atoms with E-state index in [0.717, 1.165) is 16.7 Å². The molecule has 0 saturated carbocycles. The van der Waals surface area contributed by atoms with Gasteiger partial charge in [0.1, 0.15) is 5.82 Å². The van der Waals surface area contributed by atoms with Crippen LogP contribution < -0.4 is 15.7 Å². The quantitative estimate of drug-likeness (QED) is 0.589. The van der Waals surface area contributed by atoms with Gasteiger partial charge >= 0.3 is 0 Å². The molecule has 0 unspecified atom stereocenters. The predicted molar refractivity (Wildman–Crippen MR) is 114 cm³/mol. The van der Waals surface area contributed by atoms with Gasteiger partial charge in [0.2, 0.25) is 11.9 Å². The van der Waals surface area contributed by atoms with Crippen LogP contribution in [0.1, 0.15) is 54.5 Å². The molecular weight excluding hydrogens is 413 g/mol. The SMILES string of the molecule is Cc1ccc([C@H]2C[C@@H](c3ccc(F)cc3)n3nc(NC(=O)CCCC(=O)[O-])nc3N2)cc1. The van der Waals surface area contributed by atoms with Crippen molar-refractivity contribution in [2.24, 2.45) is 0 Å². The molecule has 1 aliphatic rings. The second kappa shape index (κ2) is 9.17. The van der Waals surface area contributed by atoms with E-state index in [2.05, 4.69) is 32.8 Å². The highest BCUT2D eigenvalue weighted by atomic mass is 19.1. The number of amides is 1. The van der Waals surface area contributed by atoms with Crippen LogP contribution in [0.25, 0.3) is 0 Å². The van der Waals surface area contributed by atoms with Gasteiger partial charge in [-0.25, -0.2) is 9.07 Å². The van der Waals surface area contributed by atoms with Crippen molar-refractivity contribution in [2.75, 3.05) is 10.6 Å². The van der Waals surface area contributed by atoms with Gasteiger partial charge in [0.15, 0.2) is 0 Å². The Morgan fingerprint density at radius 3 is 2.50 bits per heavy atom. The lowest BCUT2D eigenvalue weighted by atomic mass is 9.93. The van der Waals surface area contributed by atoms with Crippen LogP contribution in [0.3, 0.4) is 0 Å². The smallest absolute Gasteiger partial charge is 0.250 e. The number of carbonyl (C=O) groups is 2. The van der Waals surface area contributed by atoms with E-state index in [-0.39, 0.29) is 49.0 Å². The molecule has 2 atom stereocenters. The highest BCUT2D eigenvalue weighted by Crippen LogP contribution is 2.38. The fourth-order valence-electron chi connectivity index (χ4n) is 3.79. The molecule has 9 heteroatoms. The number of nitrogens with one attached hydrogen (secondary N) is 2. The number of fused-ring (bicyclic) bond motifs is 1. The van der Waals surface area contributed by atoms with Crippen molar-refractivity contribution in [1.29, 1.82) is 0 Å². The molecule has 2 heterocycles. The minimum absolute atomic E-state index is 0.0265. The topological polar surface area (TPSA) is 112 Å². The molecule has 1 aliphatic heterocycles. The van der Waals surface area contributed by atoms with E-state index in [1.807, 2.05) is 19.1 Å². The minimum atomic E-state index is -1.19. The zero-order valence-corrected chi connectivity index (χ0v) is 17.5. The molecule has 2 N–H and O–H groups in total. The molecule has 0 fully saturated rings. The van der Waals surface area contributed by atoms with Crippen LogP contribution in [0.2, 0.25) is 0 Å². The van der Waals surface area contributed by atoms with E-state index in [0.29, 0.717) is 12.4 Å². The van der Waals surface area contributed by atoms with Gasteiger partial charge in [-0.05, 0) is 49.4 Å². The number of aliphatic carboxylic acids is 1. The first-order chi connectivity index (χ1) is 15.4. The van der Waals surface area contributed by atoms with Gasteiger partial charge in [0, 0.05) is 12.4 Å². The van der Waals surface area contributed by atoms with Crippen molar-refractivity contribution in [3.63, 3.8) is 0 Å². The normalized spacial score (nSPS) is 17.3. The van der Waals surface area contributed by atoms with Gasteiger partial charge in [0.25, 0.3) is 5.95 Å². The number of hydrogen-bond donors (Lipinski definition) is 2. The number of carboxylic acids is 1. The minimum Gasteiger partial charge on any atom is -0.550 e. The Kier molecular flexibility index (Phi) is 6.16. The number of benzene rings is 2. The maximum absolute atomic E-state index is 13.5. The first-order valence-corrected chi connectivity index (χ1v) is 10.4. The van der Waals surface area contributed by atoms with Gasteiger partial charge in [-0.2, -0.15) is 4.98 Å². The summed E-state index contributed by atoms with van der Waals surface area (Å²) in [6, 6.07) is 14.2. The Morgan fingerprint density at radius 1 is 1.12 bits per heavy atom. The highest BCUT2D eigenvalue weighted by Gasteiger charge is 2.31. The van der Waals surface area contributed by atoms with Gasteiger partial charge < -0.3 is 15.2 Å². The summed E-state index contributed by atoms with van der Waals surface area (Å²) in [6.07, 6.45) is 0.670. The Hall–Kier alpha value is -3.75. The van der Waals surface area contributed by atoms with Crippen molar-refractivity contribution in [1.82, 2.24) is 14.8 Å². The second-order valence-electron chi connectivity index (χ2n) is 7.89. The maximum Gasteiger partial charge on any atom is 0.250 e. The lowest BCUT2D eigenvalue weighted by Crippen LogP contribution is -2.28. The van der Waals surface area contributed by atoms with Crippen LogP contribution in [0.5, 0.6) is 0 Å². The molecule has 3 aromatic rings. The number of rotatable bonds is 7. The standard InChI is InChI=1S/C23H24FN5O3/c1-14-5-7-15(8-6-14)18-13-19(16-9-11-17(24)12-10-16)29-23(25-18)27-22(28-29)26-20(30)3-2-4-21(31)32/h5-12,18-19H,2-4,13H2,1H3,(H,31,32)(H2,25,26,27,28,30)/p-1/t18-,19+/m1/s1. The van der Waals surface area contributed by atoms with E-state index in [1.165, 1.54) is 12.1 Å². The highest BCUT2D eigenvalue weighted by molar-refractivity contribution is 5.89. The molecule has 0 spiro atoms. The van der Waals surface area contributed by atoms with Crippen molar-refractivity contribution < 1.29 is 19.1 Å². The number of aryl methyl sites for hydroxylation is 1. The van der Waals surface area contributed by atoms with E-state index in [4.69, 9.17) is 0 Å². The van der Waals surface area contributed by atoms with Crippen molar-refractivity contribution >= 4 is 23.8 Å². The molecule has 32 heavy (non-hydrogen) atoms. The first-order valence-electron chi connectivity index (χ1n) is 10.4. The largest absolute Gasteiger partial charge is 0.550 e. The van der Waals surface area contributed by atoms with Crippen LogP contribution in [-0.2, 0) is 9.59 Å². The molecule has 0 saturated heterocycles. The molecule has 0 aliphatic carbocycles. The van der Waals surface area contributed by atoms with Crippen molar-refractivity contribution in [2.45, 2.75) is 44.7 Å². The summed E-state index contributed by atoms with van der Waals surface area (Å²) in [6.45, 7) is 2.03. The maximum atomic E-state index is 13.5. The summed E-state index contributed by atoms with van der Waals surface area (Å²) < 4.78 is 15.2. The Morgan fingerprint density at radius 2 is 1.81 bits per heavy atom. The molecular formula is C23H23FN5O3-. The first kappa shape index (κ1) is 21.5. The predicted octanol–water partition coefficient (Wildman–Crippen LogP) is 2.73. The van der Waals surface area contributed by atoms with Crippen LogP contribution >= 0.6 is 0 Å². The number of halogens is 1. The molecule has 0 radical (unpaired) electrons. The number of hydrogen-bond acceptors (Lipinski definition) is 6. The fraction of sp³-hybridized carbons (Fsp3) is 0.304. The van der Waals surface area contributed by atoms with Crippen LogP contribution in [0, 0.1) is 12.7 Å². The molecule has 0 bridgehead atoms. The molecule has 2 aromatic carbocycles. The van der Waals surface area contributed by atoms with Gasteiger partial charge in [-0.15, -0.1) is 5.10 Å². The lowest BCUT2D eigenvalue weighted by molar-refractivity contribution is -0.305.